The molecule has 0 bridgehead atoms. The molecule has 0 aliphatic heterocycles. The lowest BCUT2D eigenvalue weighted by Crippen LogP contribution is -2.43. The third kappa shape index (κ3) is 4.03. The highest BCUT2D eigenvalue weighted by Crippen LogP contribution is 2.22. The number of carbonyl (C=O) groups is 2. The van der Waals surface area contributed by atoms with Crippen molar-refractivity contribution in [2.45, 2.75) is 31.8 Å². The molecule has 1 amide bonds. The van der Waals surface area contributed by atoms with Crippen LogP contribution < -0.4 is 5.73 Å². The van der Waals surface area contributed by atoms with Crippen LogP contribution in [0.1, 0.15) is 31.4 Å². The summed E-state index contributed by atoms with van der Waals surface area (Å²) in [6, 6.07) is 4.83. The zero-order chi connectivity index (χ0) is 15.3. The van der Waals surface area contributed by atoms with Crippen LogP contribution in [0, 0.1) is 5.82 Å². The monoisotopic (exact) mass is 282 g/mol. The number of halogens is 1. The Morgan fingerprint density at radius 3 is 2.55 bits per heavy atom. The van der Waals surface area contributed by atoms with Gasteiger partial charge in [-0.05, 0) is 19.4 Å². The normalized spacial score (nSPS) is 13.6. The molecular weight excluding hydrogens is 263 g/mol. The van der Waals surface area contributed by atoms with Gasteiger partial charge in [0.15, 0.2) is 0 Å². The predicted octanol–water partition coefficient (Wildman–Crippen LogP) is 1.54. The number of aliphatic carboxylic acids is 1. The van der Waals surface area contributed by atoms with E-state index in [1.165, 1.54) is 18.0 Å². The summed E-state index contributed by atoms with van der Waals surface area (Å²) >= 11 is 0. The molecule has 3 N–H and O–H groups in total. The summed E-state index contributed by atoms with van der Waals surface area (Å²) in [7, 11) is 1.53. The molecule has 20 heavy (non-hydrogen) atoms. The first-order valence-electron chi connectivity index (χ1n) is 6.33. The van der Waals surface area contributed by atoms with Gasteiger partial charge >= 0.3 is 5.97 Å². The van der Waals surface area contributed by atoms with Gasteiger partial charge in [-0.1, -0.05) is 18.2 Å². The molecule has 1 aromatic carbocycles. The molecule has 0 aliphatic carbocycles. The first kappa shape index (κ1) is 16.1. The number of carboxylic acid groups (broad SMARTS) is 1. The SMILES string of the molecule is CC(c1ccccc1F)N(C)C(=O)C(N)CCC(=O)O. The minimum absolute atomic E-state index is 0.0580. The van der Waals surface area contributed by atoms with Crippen LogP contribution in [0.2, 0.25) is 0 Å². The Labute approximate surface area is 117 Å². The van der Waals surface area contributed by atoms with Gasteiger partial charge in [0.2, 0.25) is 5.91 Å². The second-order valence-electron chi connectivity index (χ2n) is 4.69. The maximum atomic E-state index is 13.7. The number of hydrogen-bond donors (Lipinski definition) is 2. The Hall–Kier alpha value is -1.95. The highest BCUT2D eigenvalue weighted by atomic mass is 19.1. The van der Waals surface area contributed by atoms with Gasteiger partial charge < -0.3 is 15.7 Å². The van der Waals surface area contributed by atoms with Gasteiger partial charge in [0.05, 0.1) is 12.1 Å². The number of nitrogens with two attached hydrogens (primary N) is 1. The van der Waals surface area contributed by atoms with E-state index in [4.69, 9.17) is 10.8 Å². The number of amides is 1. The molecule has 5 nitrogen and oxygen atoms in total. The number of rotatable bonds is 6. The van der Waals surface area contributed by atoms with Crippen molar-refractivity contribution in [1.82, 2.24) is 4.90 Å². The molecule has 1 aromatic rings. The van der Waals surface area contributed by atoms with Gasteiger partial charge in [-0.3, -0.25) is 9.59 Å². The van der Waals surface area contributed by atoms with E-state index < -0.39 is 29.8 Å². The number of nitrogens with zero attached hydrogens (tertiary/aromatic N) is 1. The summed E-state index contributed by atoms with van der Waals surface area (Å²) in [6.07, 6.45) is -0.114. The van der Waals surface area contributed by atoms with Crippen molar-refractivity contribution in [1.29, 1.82) is 0 Å². The summed E-state index contributed by atoms with van der Waals surface area (Å²) in [5.74, 6) is -1.79. The Kier molecular flexibility index (Phi) is 5.64. The maximum absolute atomic E-state index is 13.7. The lowest BCUT2D eigenvalue weighted by atomic mass is 10.0. The molecule has 6 heteroatoms. The fraction of sp³-hybridized carbons (Fsp3) is 0.429. The second-order valence-corrected chi connectivity index (χ2v) is 4.69. The molecule has 0 saturated heterocycles. The first-order chi connectivity index (χ1) is 9.34. The molecule has 0 fully saturated rings. The van der Waals surface area contributed by atoms with Crippen molar-refractivity contribution in [3.05, 3.63) is 35.6 Å². The van der Waals surface area contributed by atoms with Gasteiger partial charge in [-0.25, -0.2) is 4.39 Å². The molecule has 0 spiro atoms. The average molecular weight is 282 g/mol. The minimum atomic E-state index is -1.00. The zero-order valence-electron chi connectivity index (χ0n) is 11.5. The smallest absolute Gasteiger partial charge is 0.303 e. The van der Waals surface area contributed by atoms with Gasteiger partial charge in [-0.15, -0.1) is 0 Å². The first-order valence-corrected chi connectivity index (χ1v) is 6.33. The summed E-state index contributed by atoms with van der Waals surface area (Å²) in [4.78, 5) is 23.9. The van der Waals surface area contributed by atoms with E-state index in [-0.39, 0.29) is 12.8 Å². The average Bonchev–Trinajstić information content (AvgIpc) is 2.42. The molecular formula is C14H19FN2O3. The molecule has 0 radical (unpaired) electrons. The number of benzene rings is 1. The minimum Gasteiger partial charge on any atom is -0.481 e. The summed E-state index contributed by atoms with van der Waals surface area (Å²) in [5.41, 5.74) is 6.07. The zero-order valence-corrected chi connectivity index (χ0v) is 11.5. The highest BCUT2D eigenvalue weighted by Gasteiger charge is 2.24. The van der Waals surface area contributed by atoms with E-state index in [0.717, 1.165) is 0 Å². The van der Waals surface area contributed by atoms with E-state index >= 15 is 0 Å². The largest absolute Gasteiger partial charge is 0.481 e. The molecule has 2 atom stereocenters. The topological polar surface area (TPSA) is 83.6 Å². The van der Waals surface area contributed by atoms with Gasteiger partial charge in [0, 0.05) is 19.0 Å². The molecule has 0 heterocycles. The number of hydrogen-bond acceptors (Lipinski definition) is 3. The molecule has 1 rings (SSSR count). The Morgan fingerprint density at radius 1 is 1.40 bits per heavy atom. The lowest BCUT2D eigenvalue weighted by molar-refractivity contribution is -0.137. The van der Waals surface area contributed by atoms with Crippen LogP contribution in [-0.2, 0) is 9.59 Å². The van der Waals surface area contributed by atoms with E-state index in [2.05, 4.69) is 0 Å². The second kappa shape index (κ2) is 7.00. The van der Waals surface area contributed by atoms with E-state index in [1.807, 2.05) is 0 Å². The van der Waals surface area contributed by atoms with Crippen molar-refractivity contribution in [3.8, 4) is 0 Å². The number of likely N-dealkylation sites (N-methyl/N-ethyl adjacent to an activating group) is 1. The Bertz CT molecular complexity index is 493. The van der Waals surface area contributed by atoms with Crippen LogP contribution in [0.4, 0.5) is 4.39 Å². The summed E-state index contributed by atoms with van der Waals surface area (Å²) in [6.45, 7) is 1.69. The van der Waals surface area contributed by atoms with Crippen LogP contribution >= 0.6 is 0 Å². The fourth-order valence-corrected chi connectivity index (χ4v) is 1.88. The van der Waals surface area contributed by atoms with Crippen molar-refractivity contribution in [2.24, 2.45) is 5.73 Å². The lowest BCUT2D eigenvalue weighted by Gasteiger charge is -2.28. The van der Waals surface area contributed by atoms with Crippen LogP contribution in [0.3, 0.4) is 0 Å². The van der Waals surface area contributed by atoms with Crippen molar-refractivity contribution in [3.63, 3.8) is 0 Å². The summed E-state index contributed by atoms with van der Waals surface area (Å²) < 4.78 is 13.7. The van der Waals surface area contributed by atoms with E-state index in [9.17, 15) is 14.0 Å². The van der Waals surface area contributed by atoms with Crippen LogP contribution in [0.5, 0.6) is 0 Å². The van der Waals surface area contributed by atoms with Crippen LogP contribution in [0.15, 0.2) is 24.3 Å². The standard InChI is InChI=1S/C14H19FN2O3/c1-9(10-5-3-4-6-11(10)15)17(2)14(20)12(16)7-8-13(18)19/h3-6,9,12H,7-8,16H2,1-2H3,(H,18,19). The van der Waals surface area contributed by atoms with Crippen molar-refractivity contribution < 1.29 is 19.1 Å². The van der Waals surface area contributed by atoms with E-state index in [0.29, 0.717) is 5.56 Å². The quantitative estimate of drug-likeness (QED) is 0.829. The molecule has 110 valence electrons. The third-order valence-electron chi connectivity index (χ3n) is 3.27. The van der Waals surface area contributed by atoms with E-state index in [1.54, 1.807) is 25.1 Å². The van der Waals surface area contributed by atoms with Gasteiger partial charge in [0.1, 0.15) is 5.82 Å². The van der Waals surface area contributed by atoms with Gasteiger partial charge in [-0.2, -0.15) is 0 Å². The Balaban J connectivity index is 2.73. The molecule has 2 unspecified atom stereocenters. The fourth-order valence-electron chi connectivity index (χ4n) is 1.88. The van der Waals surface area contributed by atoms with Crippen molar-refractivity contribution in [2.75, 3.05) is 7.05 Å². The van der Waals surface area contributed by atoms with Crippen LogP contribution in [0.25, 0.3) is 0 Å². The molecule has 0 saturated carbocycles. The highest BCUT2D eigenvalue weighted by molar-refractivity contribution is 5.82. The number of carbonyl (C=O) groups excluding carboxylic acids is 1. The molecule has 0 aromatic heterocycles. The third-order valence-corrected chi connectivity index (χ3v) is 3.27. The predicted molar refractivity (Wildman–Crippen MR) is 72.4 cm³/mol. The van der Waals surface area contributed by atoms with Gasteiger partial charge in [0.25, 0.3) is 0 Å². The Morgan fingerprint density at radius 2 is 2.00 bits per heavy atom. The van der Waals surface area contributed by atoms with Crippen molar-refractivity contribution >= 4 is 11.9 Å². The summed E-state index contributed by atoms with van der Waals surface area (Å²) in [5, 5.41) is 8.58. The van der Waals surface area contributed by atoms with Crippen LogP contribution in [-0.4, -0.2) is 35.0 Å². The maximum Gasteiger partial charge on any atom is 0.303 e. The molecule has 0 aliphatic rings. The number of carboxylic acids is 1.